The first kappa shape index (κ1) is 27.7. The largest absolute Gasteiger partial charge is 0.396 e. The highest BCUT2D eigenvalue weighted by Crippen LogP contribution is 2.57. The van der Waals surface area contributed by atoms with E-state index < -0.39 is 29.1 Å². The molecule has 1 unspecified atom stereocenters. The first-order valence-corrected chi connectivity index (χ1v) is 14.6. The Morgan fingerprint density at radius 2 is 1.49 bits per heavy atom. The molecule has 1 spiro atoms. The molecule has 6 rings (SSSR count). The summed E-state index contributed by atoms with van der Waals surface area (Å²) in [7, 11) is 0. The lowest BCUT2D eigenvalue weighted by Gasteiger charge is -2.37. The highest BCUT2D eigenvalue weighted by atomic mass is 35.5. The number of fused-ring (bicyclic) bond motifs is 2. The fourth-order valence-electron chi connectivity index (χ4n) is 7.02. The number of carbonyl (C=O) groups is 3. The van der Waals surface area contributed by atoms with Crippen LogP contribution in [0.2, 0.25) is 5.02 Å². The minimum absolute atomic E-state index is 0.0651. The van der Waals surface area contributed by atoms with E-state index in [1.807, 2.05) is 61.6 Å². The summed E-state index contributed by atoms with van der Waals surface area (Å²) in [5, 5.41) is 9.85. The fourth-order valence-corrected chi connectivity index (χ4v) is 7.15. The molecule has 3 amide bonds. The molecule has 0 radical (unpaired) electrons. The summed E-state index contributed by atoms with van der Waals surface area (Å²) in [4.78, 5) is 48.2. The monoisotopic (exact) mass is 575 g/mol. The summed E-state index contributed by atoms with van der Waals surface area (Å²) in [6.45, 7) is 2.90. The van der Waals surface area contributed by atoms with Crippen molar-refractivity contribution in [2.45, 2.75) is 43.4 Å². The number of hydrogen-bond acceptors (Lipinski definition) is 5. The number of carbonyl (C=O) groups excluding carboxylic acids is 3. The number of nitrogens with zero attached hydrogens (tertiary/aromatic N) is 3. The van der Waals surface area contributed by atoms with Gasteiger partial charge in [0.1, 0.15) is 11.6 Å². The van der Waals surface area contributed by atoms with Gasteiger partial charge in [-0.1, -0.05) is 54.1 Å². The van der Waals surface area contributed by atoms with Crippen molar-refractivity contribution in [2.24, 2.45) is 11.8 Å². The summed E-state index contributed by atoms with van der Waals surface area (Å²) in [6.07, 6.45) is 9.48. The Morgan fingerprint density at radius 1 is 0.829 bits per heavy atom. The summed E-state index contributed by atoms with van der Waals surface area (Å²) in [5.74, 6) is -2.40. The Morgan fingerprint density at radius 3 is 2.20 bits per heavy atom. The maximum atomic E-state index is 14.5. The van der Waals surface area contributed by atoms with E-state index in [0.717, 1.165) is 5.69 Å². The number of hydrogen-bond donors (Lipinski definition) is 1. The van der Waals surface area contributed by atoms with E-state index in [-0.39, 0.29) is 24.3 Å². The topological polar surface area (TPSA) is 90.4 Å². The van der Waals surface area contributed by atoms with Crippen LogP contribution < -0.4 is 9.80 Å². The van der Waals surface area contributed by atoms with E-state index in [0.29, 0.717) is 49.6 Å². The van der Waals surface area contributed by atoms with Gasteiger partial charge in [0.25, 0.3) is 5.91 Å². The SMILES string of the molecule is C[C@]12C=CCN(c3ccccc3)C(=O)[C@H]1[C@H]1C(=O)N(CCCCCO)C3C(=O)N(c4ccc(Cl)cc4)CC=C[C@@]31O2. The van der Waals surface area contributed by atoms with Crippen LogP contribution in [-0.2, 0) is 19.1 Å². The third kappa shape index (κ3) is 4.49. The van der Waals surface area contributed by atoms with Crippen LogP contribution in [0.25, 0.3) is 0 Å². The number of aliphatic hydroxyl groups excluding tert-OH is 1. The molecule has 8 nitrogen and oxygen atoms in total. The molecule has 0 aromatic heterocycles. The van der Waals surface area contributed by atoms with Crippen LogP contribution in [0.1, 0.15) is 26.2 Å². The molecule has 0 bridgehead atoms. The molecule has 4 aliphatic rings. The van der Waals surface area contributed by atoms with E-state index in [2.05, 4.69) is 0 Å². The summed E-state index contributed by atoms with van der Waals surface area (Å²) >= 11 is 6.12. The molecule has 2 aromatic rings. The Balaban J connectivity index is 1.44. The average Bonchev–Trinajstić information content (AvgIpc) is 3.23. The van der Waals surface area contributed by atoms with Crippen LogP contribution in [-0.4, -0.2) is 71.2 Å². The van der Waals surface area contributed by atoms with Crippen molar-refractivity contribution < 1.29 is 24.2 Å². The zero-order valence-electron chi connectivity index (χ0n) is 23.0. The number of anilines is 2. The van der Waals surface area contributed by atoms with Crippen LogP contribution in [0.5, 0.6) is 0 Å². The lowest BCUT2D eigenvalue weighted by molar-refractivity contribution is -0.144. The number of unbranched alkanes of at least 4 members (excludes halogenated alkanes) is 2. The van der Waals surface area contributed by atoms with Crippen LogP contribution in [0, 0.1) is 11.8 Å². The molecule has 1 N–H and O–H groups in total. The second kappa shape index (κ2) is 10.7. The predicted molar refractivity (Wildman–Crippen MR) is 157 cm³/mol. The van der Waals surface area contributed by atoms with Crippen molar-refractivity contribution >= 4 is 40.7 Å². The number of amides is 3. The second-order valence-corrected chi connectivity index (χ2v) is 11.8. The van der Waals surface area contributed by atoms with Crippen LogP contribution in [0.3, 0.4) is 0 Å². The van der Waals surface area contributed by atoms with Gasteiger partial charge in [0.15, 0.2) is 0 Å². The first-order chi connectivity index (χ1) is 19.8. The van der Waals surface area contributed by atoms with Crippen molar-refractivity contribution in [3.05, 3.63) is 83.9 Å². The lowest BCUT2D eigenvalue weighted by Crippen LogP contribution is -2.56. The van der Waals surface area contributed by atoms with Crippen LogP contribution in [0.4, 0.5) is 11.4 Å². The molecule has 41 heavy (non-hydrogen) atoms. The van der Waals surface area contributed by atoms with Gasteiger partial charge in [0.05, 0.1) is 17.4 Å². The standard InChI is InChI=1S/C32H34ClN3O5/c1-31-16-8-19-34(23-10-4-2-5-11-23)28(38)25(31)26-29(39)36(18-6-3-7-21-37)27-30(40)35(20-9-17-32(26,27)41-31)24-14-12-22(33)13-15-24/h2,4-5,8-17,25-27,37H,3,6-7,18-21H2,1H3/t25-,26+,27?,31+,32+/m1/s1. The minimum atomic E-state index is -1.31. The van der Waals surface area contributed by atoms with Crippen LogP contribution >= 0.6 is 11.6 Å². The predicted octanol–water partition coefficient (Wildman–Crippen LogP) is 3.98. The molecule has 9 heteroatoms. The van der Waals surface area contributed by atoms with Crippen LogP contribution in [0.15, 0.2) is 78.9 Å². The van der Waals surface area contributed by atoms with Crippen molar-refractivity contribution in [3.63, 3.8) is 0 Å². The van der Waals surface area contributed by atoms with Gasteiger partial charge in [-0.15, -0.1) is 0 Å². The maximum Gasteiger partial charge on any atom is 0.253 e. The first-order valence-electron chi connectivity index (χ1n) is 14.2. The summed E-state index contributed by atoms with van der Waals surface area (Å²) in [6, 6.07) is 15.5. The molecule has 2 aromatic carbocycles. The number of likely N-dealkylation sites (tertiary alicyclic amines) is 1. The number of benzene rings is 2. The number of para-hydroxylation sites is 1. The molecular weight excluding hydrogens is 542 g/mol. The molecule has 4 aliphatic heterocycles. The third-order valence-corrected chi connectivity index (χ3v) is 9.07. The van der Waals surface area contributed by atoms with Crippen molar-refractivity contribution in [1.82, 2.24) is 4.90 Å². The van der Waals surface area contributed by atoms with Gasteiger partial charge in [-0.05, 0) is 62.6 Å². The van der Waals surface area contributed by atoms with Crippen molar-refractivity contribution in [1.29, 1.82) is 0 Å². The highest BCUT2D eigenvalue weighted by molar-refractivity contribution is 6.30. The number of ether oxygens (including phenoxy) is 1. The Labute approximate surface area is 244 Å². The highest BCUT2D eigenvalue weighted by Gasteiger charge is 2.74. The third-order valence-electron chi connectivity index (χ3n) is 8.82. The fraction of sp³-hybridized carbons (Fsp3) is 0.406. The zero-order chi connectivity index (χ0) is 28.8. The van der Waals surface area contributed by atoms with Gasteiger partial charge >= 0.3 is 0 Å². The Bertz CT molecular complexity index is 1400. The van der Waals surface area contributed by atoms with Gasteiger partial charge in [0, 0.05) is 42.6 Å². The Kier molecular flexibility index (Phi) is 7.26. The quantitative estimate of drug-likeness (QED) is 0.398. The molecular formula is C32H34ClN3O5. The molecule has 5 atom stereocenters. The van der Waals surface area contributed by atoms with Gasteiger partial charge in [0.2, 0.25) is 11.8 Å². The van der Waals surface area contributed by atoms with E-state index in [4.69, 9.17) is 16.3 Å². The minimum Gasteiger partial charge on any atom is -0.396 e. The maximum absolute atomic E-state index is 14.5. The lowest BCUT2D eigenvalue weighted by atomic mass is 9.74. The molecule has 214 valence electrons. The van der Waals surface area contributed by atoms with Crippen molar-refractivity contribution in [3.8, 4) is 0 Å². The van der Waals surface area contributed by atoms with Gasteiger partial charge < -0.3 is 24.5 Å². The van der Waals surface area contributed by atoms with E-state index in [1.165, 1.54) is 0 Å². The van der Waals surface area contributed by atoms with Gasteiger partial charge in [-0.2, -0.15) is 0 Å². The summed E-state index contributed by atoms with van der Waals surface area (Å²) in [5.41, 5.74) is -0.980. The summed E-state index contributed by atoms with van der Waals surface area (Å²) < 4.78 is 6.89. The van der Waals surface area contributed by atoms with Gasteiger partial charge in [-0.25, -0.2) is 0 Å². The van der Waals surface area contributed by atoms with Crippen molar-refractivity contribution in [2.75, 3.05) is 36.0 Å². The zero-order valence-corrected chi connectivity index (χ0v) is 23.7. The second-order valence-electron chi connectivity index (χ2n) is 11.3. The smallest absolute Gasteiger partial charge is 0.253 e. The van der Waals surface area contributed by atoms with E-state index >= 15 is 0 Å². The normalized spacial score (nSPS) is 30.8. The van der Waals surface area contributed by atoms with Gasteiger partial charge in [-0.3, -0.25) is 14.4 Å². The molecule has 2 fully saturated rings. The molecule has 4 heterocycles. The number of rotatable bonds is 7. The Hall–Kier alpha value is -3.46. The number of aliphatic hydroxyl groups is 1. The van der Waals surface area contributed by atoms with E-state index in [9.17, 15) is 19.5 Å². The molecule has 0 aliphatic carbocycles. The number of halogens is 1. The molecule has 0 saturated carbocycles. The average molecular weight is 576 g/mol. The molecule has 2 saturated heterocycles. The van der Waals surface area contributed by atoms with E-state index in [1.54, 1.807) is 39.0 Å².